The van der Waals surface area contributed by atoms with E-state index in [1.165, 1.54) is 35.7 Å². The van der Waals surface area contributed by atoms with Crippen molar-refractivity contribution in [3.8, 4) is 11.3 Å². The van der Waals surface area contributed by atoms with E-state index in [-0.39, 0.29) is 0 Å². The molecule has 2 aromatic heterocycles. The second-order valence-corrected chi connectivity index (χ2v) is 20.2. The first-order chi connectivity index (χ1) is 13.4. The van der Waals surface area contributed by atoms with Gasteiger partial charge in [0.25, 0.3) is 0 Å². The topological polar surface area (TPSA) is 25.8 Å². The van der Waals surface area contributed by atoms with Gasteiger partial charge in [0.15, 0.2) is 0 Å². The summed E-state index contributed by atoms with van der Waals surface area (Å²) in [6, 6.07) is 20.1. The molecule has 138 valence electrons. The van der Waals surface area contributed by atoms with Crippen LogP contribution in [0.4, 0.5) is 0 Å². The van der Waals surface area contributed by atoms with Crippen LogP contribution in [0.1, 0.15) is 5.56 Å². The summed E-state index contributed by atoms with van der Waals surface area (Å²) in [4.78, 5) is 9.35. The zero-order chi connectivity index (χ0) is 19.5. The summed E-state index contributed by atoms with van der Waals surface area (Å²) in [5.74, 6) is 7.26. The Hall–Kier alpha value is -2.24. The Bertz CT molecular complexity index is 1360. The number of fused-ring (bicyclic) bond motifs is 4. The molecule has 0 amide bonds. The van der Waals surface area contributed by atoms with Gasteiger partial charge in [0.2, 0.25) is 0 Å². The predicted molar refractivity (Wildman–Crippen MR) is 126 cm³/mol. The van der Waals surface area contributed by atoms with Gasteiger partial charge in [-0.3, -0.25) is 0 Å². The van der Waals surface area contributed by atoms with Crippen LogP contribution in [0, 0.1) is 6.92 Å². The van der Waals surface area contributed by atoms with E-state index >= 15 is 0 Å². The number of hydrogen-bond donors (Lipinski definition) is 0. The summed E-state index contributed by atoms with van der Waals surface area (Å²) in [5.41, 5.74) is 4.57. The summed E-state index contributed by atoms with van der Waals surface area (Å²) in [7, 11) is 0. The van der Waals surface area contributed by atoms with Crippen LogP contribution in [0.25, 0.3) is 42.3 Å². The summed E-state index contributed by atoms with van der Waals surface area (Å²) in [6.07, 6.45) is 1.72. The third kappa shape index (κ3) is 2.85. The molecule has 0 bridgehead atoms. The Kier molecular flexibility index (Phi) is 4.07. The van der Waals surface area contributed by atoms with Crippen molar-refractivity contribution in [2.24, 2.45) is 0 Å². The van der Waals surface area contributed by atoms with E-state index in [4.69, 9.17) is 4.98 Å². The molecule has 0 saturated carbocycles. The Morgan fingerprint density at radius 2 is 1.64 bits per heavy atom. The van der Waals surface area contributed by atoms with E-state index in [1.807, 2.05) is 11.3 Å². The fourth-order valence-corrected chi connectivity index (χ4v) is 7.50. The van der Waals surface area contributed by atoms with Crippen LogP contribution >= 0.6 is 11.3 Å². The molecule has 0 spiro atoms. The van der Waals surface area contributed by atoms with E-state index in [0.717, 1.165) is 16.6 Å². The van der Waals surface area contributed by atoms with Crippen molar-refractivity contribution in [2.75, 3.05) is 0 Å². The molecule has 0 fully saturated rings. The minimum absolute atomic E-state index is 1.04. The molecule has 0 unspecified atom stereocenters. The van der Waals surface area contributed by atoms with Crippen molar-refractivity contribution in [1.82, 2.24) is 9.97 Å². The number of aryl methyl sites for hydroxylation is 1. The van der Waals surface area contributed by atoms with Crippen LogP contribution in [-0.4, -0.2) is 23.2 Å². The second kappa shape index (κ2) is 6.39. The first-order valence-electron chi connectivity index (χ1n) is 9.59. The van der Waals surface area contributed by atoms with Crippen LogP contribution in [0.5, 0.6) is 0 Å². The monoisotopic (exact) mass is 444 g/mol. The Labute approximate surface area is 171 Å². The number of rotatable bonds is 2. The molecule has 5 aromatic rings. The van der Waals surface area contributed by atoms with Crippen LogP contribution in [0.3, 0.4) is 0 Å². The minimum atomic E-state index is -1.90. The van der Waals surface area contributed by atoms with Crippen molar-refractivity contribution < 1.29 is 0 Å². The third-order valence-electron chi connectivity index (χ3n) is 5.38. The fourth-order valence-electron chi connectivity index (χ4n) is 3.89. The fraction of sp³-hybridized carbons (Fsp3) is 0.167. The number of hydrogen-bond acceptors (Lipinski definition) is 3. The maximum absolute atomic E-state index is 4.74. The predicted octanol–water partition coefficient (Wildman–Crippen LogP) is 6.52. The molecule has 0 radical (unpaired) electrons. The molecule has 3 aromatic carbocycles. The van der Waals surface area contributed by atoms with Crippen LogP contribution in [0.15, 0.2) is 60.9 Å². The molecule has 0 aliphatic rings. The number of thiophene rings is 1. The molecule has 0 aliphatic carbocycles. The zero-order valence-electron chi connectivity index (χ0n) is 16.6. The molecule has 0 N–H and O–H groups in total. The van der Waals surface area contributed by atoms with Gasteiger partial charge in [-0.05, 0) is 0 Å². The van der Waals surface area contributed by atoms with Crippen LogP contribution in [0.2, 0.25) is 17.3 Å². The quantitative estimate of drug-likeness (QED) is 0.291. The molecular formula is C24H22GeN2S. The number of benzene rings is 3. The average molecular weight is 443 g/mol. The maximum atomic E-state index is 4.74. The van der Waals surface area contributed by atoms with Gasteiger partial charge in [-0.25, -0.2) is 0 Å². The molecular weight excluding hydrogens is 421 g/mol. The SMILES string of the molecule is Cc1cc(-c2ncnc3c[c]([Ge]([CH3])([CH3])[CH3])ccc23)c2sc3ccccc3c2c1. The van der Waals surface area contributed by atoms with Gasteiger partial charge in [-0.1, -0.05) is 0 Å². The van der Waals surface area contributed by atoms with E-state index in [1.54, 1.807) is 6.33 Å². The Balaban J connectivity index is 1.84. The summed E-state index contributed by atoms with van der Waals surface area (Å²) < 4.78 is 4.11. The second-order valence-electron chi connectivity index (χ2n) is 8.49. The van der Waals surface area contributed by atoms with Crippen molar-refractivity contribution in [3.63, 3.8) is 0 Å². The molecule has 5 rings (SSSR count). The van der Waals surface area contributed by atoms with Gasteiger partial charge < -0.3 is 0 Å². The van der Waals surface area contributed by atoms with E-state index in [9.17, 15) is 0 Å². The molecule has 0 atom stereocenters. The average Bonchev–Trinajstić information content (AvgIpc) is 3.04. The number of nitrogens with zero attached hydrogens (tertiary/aromatic N) is 2. The van der Waals surface area contributed by atoms with Gasteiger partial charge in [0.05, 0.1) is 0 Å². The van der Waals surface area contributed by atoms with E-state index in [0.29, 0.717) is 0 Å². The Morgan fingerprint density at radius 1 is 0.821 bits per heavy atom. The van der Waals surface area contributed by atoms with Gasteiger partial charge in [0, 0.05) is 0 Å². The summed E-state index contributed by atoms with van der Waals surface area (Å²) in [5, 5.41) is 3.79. The Morgan fingerprint density at radius 3 is 2.46 bits per heavy atom. The normalized spacial score (nSPS) is 12.3. The first kappa shape index (κ1) is 17.8. The molecule has 2 nitrogen and oxygen atoms in total. The van der Waals surface area contributed by atoms with E-state index < -0.39 is 13.3 Å². The van der Waals surface area contributed by atoms with Crippen LogP contribution in [-0.2, 0) is 0 Å². The van der Waals surface area contributed by atoms with Gasteiger partial charge in [-0.2, -0.15) is 0 Å². The van der Waals surface area contributed by atoms with Crippen molar-refractivity contribution in [3.05, 3.63) is 66.5 Å². The standard InChI is InChI=1S/C24H22GeN2S/c1-15-11-19-17-7-5-6-8-22(17)28-24(19)20(12-15)23-18-10-9-16(25(2,3)4)13-21(18)26-14-27-23/h5-14H,1-4H3. The van der Waals surface area contributed by atoms with Gasteiger partial charge in [0.1, 0.15) is 0 Å². The summed E-state index contributed by atoms with van der Waals surface area (Å²) in [6.45, 7) is 2.17. The number of aromatic nitrogens is 2. The third-order valence-corrected chi connectivity index (χ3v) is 10.9. The van der Waals surface area contributed by atoms with Gasteiger partial charge in [-0.15, -0.1) is 0 Å². The zero-order valence-corrected chi connectivity index (χ0v) is 19.5. The molecule has 0 aliphatic heterocycles. The molecule has 0 saturated heterocycles. The molecule has 28 heavy (non-hydrogen) atoms. The summed E-state index contributed by atoms with van der Waals surface area (Å²) >= 11 is -0.0415. The van der Waals surface area contributed by atoms with E-state index in [2.05, 4.69) is 83.8 Å². The molecule has 2 heterocycles. The van der Waals surface area contributed by atoms with Crippen molar-refractivity contribution >= 4 is 60.1 Å². The van der Waals surface area contributed by atoms with Gasteiger partial charge >= 0.3 is 172 Å². The van der Waals surface area contributed by atoms with Crippen molar-refractivity contribution in [1.29, 1.82) is 0 Å². The van der Waals surface area contributed by atoms with Crippen LogP contribution < -0.4 is 4.40 Å². The molecule has 4 heteroatoms. The first-order valence-corrected chi connectivity index (χ1v) is 17.8. The van der Waals surface area contributed by atoms with Crippen molar-refractivity contribution in [2.45, 2.75) is 24.2 Å².